The van der Waals surface area contributed by atoms with Gasteiger partial charge >= 0.3 is 0 Å². The van der Waals surface area contributed by atoms with Gasteiger partial charge in [0.2, 0.25) is 0 Å². The van der Waals surface area contributed by atoms with Gasteiger partial charge in [0.1, 0.15) is 6.29 Å². The van der Waals surface area contributed by atoms with E-state index in [2.05, 4.69) is 72.8 Å². The van der Waals surface area contributed by atoms with Crippen LogP contribution >= 0.6 is 19.7 Å². The van der Waals surface area contributed by atoms with E-state index >= 15 is 0 Å². The van der Waals surface area contributed by atoms with Crippen LogP contribution < -0.4 is 10.6 Å². The molecule has 0 amide bonds. The zero-order valence-electron chi connectivity index (χ0n) is 14.7. The Morgan fingerprint density at radius 3 is 1.74 bits per heavy atom. The molecule has 0 saturated heterocycles. The molecule has 3 aromatic carbocycles. The second-order valence-corrected chi connectivity index (χ2v) is 9.56. The number of thioether (sulfide) groups is 1. The second-order valence-electron chi connectivity index (χ2n) is 6.20. The molecule has 0 heterocycles. The van der Waals surface area contributed by atoms with Gasteiger partial charge < -0.3 is 4.79 Å². The first-order valence-corrected chi connectivity index (χ1v) is 11.0. The van der Waals surface area contributed by atoms with Crippen LogP contribution in [0.15, 0.2) is 118 Å². The molecular weight excluding hydrogens is 367 g/mol. The molecule has 132 valence electrons. The fourth-order valence-corrected chi connectivity index (χ4v) is 6.83. The monoisotopic (exact) mass is 386 g/mol. The molecule has 1 nitrogen and oxygen atoms in total. The molecule has 0 aromatic heterocycles. The van der Waals surface area contributed by atoms with Gasteiger partial charge in [0, 0.05) is 9.80 Å². The highest BCUT2D eigenvalue weighted by atomic mass is 32.2. The van der Waals surface area contributed by atoms with Crippen molar-refractivity contribution in [3.63, 3.8) is 0 Å². The molecule has 1 atom stereocenters. The quantitative estimate of drug-likeness (QED) is 0.411. The van der Waals surface area contributed by atoms with Crippen LogP contribution in [0.1, 0.15) is 0 Å². The average molecular weight is 386 g/mol. The number of rotatable bonds is 6. The molecule has 0 N–H and O–H groups in total. The number of benzene rings is 3. The van der Waals surface area contributed by atoms with Crippen molar-refractivity contribution in [1.82, 2.24) is 0 Å². The number of carbonyl (C=O) groups is 1. The van der Waals surface area contributed by atoms with Crippen LogP contribution in [0, 0.1) is 5.92 Å². The molecule has 1 aliphatic rings. The molecule has 0 saturated carbocycles. The number of allylic oxidation sites excluding steroid dienone is 4. The largest absolute Gasteiger partial charge is 0.302 e. The maximum absolute atomic E-state index is 12.1. The summed E-state index contributed by atoms with van der Waals surface area (Å²) in [5.74, 6) is -0.179. The third kappa shape index (κ3) is 3.98. The van der Waals surface area contributed by atoms with Gasteiger partial charge in [0.05, 0.1) is 5.92 Å². The Kier molecular flexibility index (Phi) is 5.67. The van der Waals surface area contributed by atoms with Crippen molar-refractivity contribution < 1.29 is 4.79 Å². The smallest absolute Gasteiger partial charge is 0.132 e. The van der Waals surface area contributed by atoms with Gasteiger partial charge in [0.15, 0.2) is 0 Å². The minimum atomic E-state index is -0.734. The van der Waals surface area contributed by atoms with E-state index in [-0.39, 0.29) is 5.92 Å². The Labute approximate surface area is 165 Å². The van der Waals surface area contributed by atoms with Crippen molar-refractivity contribution in [3.05, 3.63) is 113 Å². The Morgan fingerprint density at radius 1 is 0.704 bits per heavy atom. The molecule has 0 bridgehead atoms. The zero-order valence-corrected chi connectivity index (χ0v) is 16.4. The van der Waals surface area contributed by atoms with Crippen LogP contribution in [0.5, 0.6) is 0 Å². The van der Waals surface area contributed by atoms with Gasteiger partial charge in [-0.15, -0.1) is 0 Å². The van der Waals surface area contributed by atoms with Gasteiger partial charge in [0.25, 0.3) is 0 Å². The molecule has 27 heavy (non-hydrogen) atoms. The van der Waals surface area contributed by atoms with Crippen LogP contribution in [0.4, 0.5) is 0 Å². The average Bonchev–Trinajstić information content (AvgIpc) is 3.12. The lowest BCUT2D eigenvalue weighted by Crippen LogP contribution is -2.16. The standard InChI is InChI=1S/C24H19OPS/c25-18-22-23(16-17-24(22)27-21-14-8-3-9-15-21)26(19-10-4-1-5-11-19)20-12-6-2-7-13-20/h1-18,22H. The van der Waals surface area contributed by atoms with Gasteiger partial charge in [-0.3, -0.25) is 0 Å². The van der Waals surface area contributed by atoms with E-state index in [0.717, 1.165) is 16.1 Å². The molecule has 0 radical (unpaired) electrons. The summed E-state index contributed by atoms with van der Waals surface area (Å²) < 4.78 is 0. The third-order valence-electron chi connectivity index (χ3n) is 4.45. The first kappa shape index (κ1) is 18.0. The molecule has 0 fully saturated rings. The maximum Gasteiger partial charge on any atom is 0.132 e. The Balaban J connectivity index is 1.68. The minimum absolute atomic E-state index is 0.179. The first-order valence-electron chi connectivity index (χ1n) is 8.87. The first-order chi connectivity index (χ1) is 13.4. The summed E-state index contributed by atoms with van der Waals surface area (Å²) in [6.45, 7) is 0. The van der Waals surface area contributed by atoms with E-state index in [9.17, 15) is 4.79 Å². The van der Waals surface area contributed by atoms with Crippen LogP contribution in [0.2, 0.25) is 0 Å². The number of hydrogen-bond donors (Lipinski definition) is 0. The highest BCUT2D eigenvalue weighted by molar-refractivity contribution is 8.03. The van der Waals surface area contributed by atoms with Crippen LogP contribution in [-0.2, 0) is 4.79 Å². The topological polar surface area (TPSA) is 17.1 Å². The molecule has 1 aliphatic carbocycles. The van der Waals surface area contributed by atoms with Gasteiger partial charge in [-0.2, -0.15) is 0 Å². The van der Waals surface area contributed by atoms with Crippen molar-refractivity contribution in [2.75, 3.05) is 0 Å². The predicted octanol–water partition coefficient (Wildman–Crippen LogP) is 5.51. The lowest BCUT2D eigenvalue weighted by atomic mass is 10.2. The van der Waals surface area contributed by atoms with Crippen LogP contribution in [-0.4, -0.2) is 6.29 Å². The van der Waals surface area contributed by atoms with Crippen molar-refractivity contribution in [3.8, 4) is 0 Å². The van der Waals surface area contributed by atoms with Crippen LogP contribution in [0.3, 0.4) is 0 Å². The lowest BCUT2D eigenvalue weighted by Gasteiger charge is -2.24. The number of carbonyl (C=O) groups excluding carboxylic acids is 1. The summed E-state index contributed by atoms with van der Waals surface area (Å²) in [6.07, 6.45) is 5.38. The van der Waals surface area contributed by atoms with Gasteiger partial charge in [-0.1, -0.05) is 103 Å². The minimum Gasteiger partial charge on any atom is -0.302 e. The maximum atomic E-state index is 12.1. The zero-order chi connectivity index (χ0) is 18.5. The van der Waals surface area contributed by atoms with Gasteiger partial charge in [-0.05, 0) is 36.0 Å². The van der Waals surface area contributed by atoms with E-state index in [1.807, 2.05) is 30.3 Å². The molecule has 3 heteroatoms. The van der Waals surface area contributed by atoms with Crippen molar-refractivity contribution >= 4 is 36.6 Å². The lowest BCUT2D eigenvalue weighted by molar-refractivity contribution is -0.109. The van der Waals surface area contributed by atoms with E-state index < -0.39 is 7.92 Å². The van der Waals surface area contributed by atoms with E-state index in [1.54, 1.807) is 11.8 Å². The van der Waals surface area contributed by atoms with E-state index in [0.29, 0.717) is 0 Å². The summed E-state index contributed by atoms with van der Waals surface area (Å²) in [6, 6.07) is 31.3. The summed E-state index contributed by atoms with van der Waals surface area (Å²) in [4.78, 5) is 14.4. The summed E-state index contributed by atoms with van der Waals surface area (Å²) in [7, 11) is -0.734. The van der Waals surface area contributed by atoms with Crippen molar-refractivity contribution in [2.45, 2.75) is 4.90 Å². The highest BCUT2D eigenvalue weighted by Gasteiger charge is 2.30. The summed E-state index contributed by atoms with van der Waals surface area (Å²) in [5.41, 5.74) is 0. The summed E-state index contributed by atoms with van der Waals surface area (Å²) >= 11 is 1.68. The SMILES string of the molecule is O=CC1C(Sc2ccccc2)=CC=C1P(c1ccccc1)c1ccccc1. The van der Waals surface area contributed by atoms with Gasteiger partial charge in [-0.25, -0.2) is 0 Å². The molecular formula is C24H19OPS. The number of hydrogen-bond acceptors (Lipinski definition) is 2. The Hall–Kier alpha value is -2.41. The predicted molar refractivity (Wildman–Crippen MR) is 117 cm³/mol. The third-order valence-corrected chi connectivity index (χ3v) is 8.15. The van der Waals surface area contributed by atoms with Crippen molar-refractivity contribution in [1.29, 1.82) is 0 Å². The fraction of sp³-hybridized carbons (Fsp3) is 0.0417. The Bertz CT molecular complexity index is 926. The van der Waals surface area contributed by atoms with Crippen molar-refractivity contribution in [2.24, 2.45) is 5.92 Å². The fourth-order valence-electron chi connectivity index (χ4n) is 3.19. The highest BCUT2D eigenvalue weighted by Crippen LogP contribution is 2.52. The molecule has 0 aliphatic heterocycles. The summed E-state index contributed by atoms with van der Waals surface area (Å²) in [5, 5.41) is 3.75. The van der Waals surface area contributed by atoms with E-state index in [4.69, 9.17) is 0 Å². The Morgan fingerprint density at radius 2 is 1.22 bits per heavy atom. The van der Waals surface area contributed by atoms with E-state index in [1.165, 1.54) is 15.9 Å². The molecule has 3 aromatic rings. The van der Waals surface area contributed by atoms with Crippen LogP contribution in [0.25, 0.3) is 0 Å². The number of aldehydes is 1. The molecule has 4 rings (SSSR count). The molecule has 0 spiro atoms. The normalized spacial score (nSPS) is 16.1. The molecule has 1 unspecified atom stereocenters. The second kappa shape index (κ2) is 8.52.